The second-order valence-electron chi connectivity index (χ2n) is 7.10. The summed E-state index contributed by atoms with van der Waals surface area (Å²) < 4.78 is 5.33. The van der Waals surface area contributed by atoms with Crippen molar-refractivity contribution in [1.29, 1.82) is 5.26 Å². The Morgan fingerprint density at radius 1 is 1.17 bits per heavy atom. The predicted octanol–water partition coefficient (Wildman–Crippen LogP) is 4.41. The molecule has 0 radical (unpaired) electrons. The third-order valence-corrected chi connectivity index (χ3v) is 6.18. The molecular formula is C23H24N2O3S. The van der Waals surface area contributed by atoms with E-state index in [1.165, 1.54) is 11.8 Å². The average Bonchev–Trinajstić information content (AvgIpc) is 2.76. The zero-order chi connectivity index (χ0) is 20.6. The average molecular weight is 409 g/mol. The van der Waals surface area contributed by atoms with Gasteiger partial charge in [-0.25, -0.2) is 4.79 Å². The Morgan fingerprint density at radius 3 is 2.66 bits per heavy atom. The van der Waals surface area contributed by atoms with Gasteiger partial charge in [0.2, 0.25) is 0 Å². The Bertz CT molecular complexity index is 905. The summed E-state index contributed by atoms with van der Waals surface area (Å²) in [4.78, 5) is 27.6. The number of carbonyl (C=O) groups is 2. The smallest absolute Gasteiger partial charge is 0.339 e. The third-order valence-electron chi connectivity index (χ3n) is 5.03. The van der Waals surface area contributed by atoms with E-state index in [2.05, 4.69) is 6.07 Å². The first-order chi connectivity index (χ1) is 14.1. The van der Waals surface area contributed by atoms with E-state index in [1.54, 1.807) is 24.3 Å². The summed E-state index contributed by atoms with van der Waals surface area (Å²) in [6.45, 7) is 2.54. The molecule has 0 bridgehead atoms. The van der Waals surface area contributed by atoms with E-state index in [9.17, 15) is 9.59 Å². The predicted molar refractivity (Wildman–Crippen MR) is 112 cm³/mol. The number of thioether (sulfide) groups is 1. The van der Waals surface area contributed by atoms with Gasteiger partial charge in [0.15, 0.2) is 6.61 Å². The van der Waals surface area contributed by atoms with Crippen molar-refractivity contribution in [3.63, 3.8) is 0 Å². The van der Waals surface area contributed by atoms with Crippen LogP contribution in [0.5, 0.6) is 0 Å². The quantitative estimate of drug-likeness (QED) is 0.523. The molecule has 1 aliphatic rings. The van der Waals surface area contributed by atoms with Crippen LogP contribution in [0.4, 0.5) is 0 Å². The number of carbonyl (C=O) groups excluding carboxylic acids is 2. The van der Waals surface area contributed by atoms with Gasteiger partial charge in [-0.05, 0) is 56.0 Å². The van der Waals surface area contributed by atoms with Gasteiger partial charge in [0.25, 0.3) is 5.91 Å². The molecule has 3 rings (SSSR count). The fourth-order valence-corrected chi connectivity index (χ4v) is 4.35. The molecule has 0 aromatic heterocycles. The minimum atomic E-state index is -0.481. The highest BCUT2D eigenvalue weighted by molar-refractivity contribution is 7.98. The van der Waals surface area contributed by atoms with Crippen molar-refractivity contribution >= 4 is 23.6 Å². The van der Waals surface area contributed by atoms with Crippen molar-refractivity contribution < 1.29 is 14.3 Å². The normalized spacial score (nSPS) is 16.1. The maximum absolute atomic E-state index is 12.6. The maximum Gasteiger partial charge on any atom is 0.339 e. The lowest BCUT2D eigenvalue weighted by molar-refractivity contribution is -0.137. The van der Waals surface area contributed by atoms with Crippen molar-refractivity contribution in [3.8, 4) is 6.07 Å². The van der Waals surface area contributed by atoms with E-state index >= 15 is 0 Å². The van der Waals surface area contributed by atoms with Gasteiger partial charge in [-0.3, -0.25) is 4.79 Å². The number of nitriles is 1. The number of benzene rings is 2. The molecule has 0 aliphatic carbocycles. The van der Waals surface area contributed by atoms with E-state index in [1.807, 2.05) is 36.1 Å². The van der Waals surface area contributed by atoms with E-state index in [0.717, 1.165) is 36.3 Å². The fraction of sp³-hybridized carbons (Fsp3) is 0.348. The topological polar surface area (TPSA) is 70.4 Å². The number of hydrogen-bond donors (Lipinski definition) is 0. The van der Waals surface area contributed by atoms with Gasteiger partial charge in [-0.1, -0.05) is 24.3 Å². The standard InChI is InChI=1S/C23H24N2O3S/c1-17-6-4-5-13-25(17)22(26)15-28-23(27)20-7-2-3-8-21(20)29-16-19-11-9-18(14-24)10-12-19/h2-3,7-12,17H,4-6,13,15-16H2,1H3. The zero-order valence-electron chi connectivity index (χ0n) is 16.5. The van der Waals surface area contributed by atoms with Crippen molar-refractivity contribution in [3.05, 3.63) is 65.2 Å². The molecule has 0 N–H and O–H groups in total. The summed E-state index contributed by atoms with van der Waals surface area (Å²) in [5, 5.41) is 8.89. The molecule has 2 aromatic rings. The van der Waals surface area contributed by atoms with Crippen LogP contribution in [-0.2, 0) is 15.3 Å². The number of amides is 1. The second-order valence-corrected chi connectivity index (χ2v) is 8.12. The summed E-state index contributed by atoms with van der Waals surface area (Å²) in [6, 6.07) is 16.9. The van der Waals surface area contributed by atoms with Crippen molar-refractivity contribution in [2.24, 2.45) is 0 Å². The molecule has 1 unspecified atom stereocenters. The Labute approximate surface area is 175 Å². The molecule has 0 saturated carbocycles. The van der Waals surface area contributed by atoms with Crippen LogP contribution in [0.15, 0.2) is 53.4 Å². The molecule has 6 heteroatoms. The van der Waals surface area contributed by atoms with Crippen molar-refractivity contribution in [2.75, 3.05) is 13.2 Å². The van der Waals surface area contributed by atoms with Gasteiger partial charge < -0.3 is 9.64 Å². The zero-order valence-corrected chi connectivity index (χ0v) is 17.3. The van der Waals surface area contributed by atoms with Gasteiger partial charge in [-0.15, -0.1) is 11.8 Å². The lowest BCUT2D eigenvalue weighted by Gasteiger charge is -2.33. The summed E-state index contributed by atoms with van der Waals surface area (Å²) >= 11 is 1.53. The van der Waals surface area contributed by atoms with E-state index in [4.69, 9.17) is 10.00 Å². The second kappa shape index (κ2) is 10.1. The molecule has 29 heavy (non-hydrogen) atoms. The number of ether oxygens (including phenoxy) is 1. The number of esters is 1. The molecular weight excluding hydrogens is 384 g/mol. The van der Waals surface area contributed by atoms with Crippen LogP contribution in [-0.4, -0.2) is 36.0 Å². The first kappa shape index (κ1) is 20.9. The van der Waals surface area contributed by atoms with Crippen LogP contribution in [0.2, 0.25) is 0 Å². The lowest BCUT2D eigenvalue weighted by atomic mass is 10.0. The SMILES string of the molecule is CC1CCCCN1C(=O)COC(=O)c1ccccc1SCc1ccc(C#N)cc1. The molecule has 2 aromatic carbocycles. The number of rotatable bonds is 6. The molecule has 0 spiro atoms. The molecule has 1 aliphatic heterocycles. The number of hydrogen-bond acceptors (Lipinski definition) is 5. The monoisotopic (exact) mass is 408 g/mol. The summed E-state index contributed by atoms with van der Waals surface area (Å²) in [5.74, 6) is 0.0550. The van der Waals surface area contributed by atoms with Crippen LogP contribution in [0, 0.1) is 11.3 Å². The molecule has 1 heterocycles. The Balaban J connectivity index is 1.59. The fourth-order valence-electron chi connectivity index (χ4n) is 3.35. The molecule has 150 valence electrons. The van der Waals surface area contributed by atoms with Gasteiger partial charge in [0, 0.05) is 23.2 Å². The van der Waals surface area contributed by atoms with Gasteiger partial charge in [-0.2, -0.15) is 5.26 Å². The third kappa shape index (κ3) is 5.61. The molecule has 1 fully saturated rings. The molecule has 1 amide bonds. The van der Waals surface area contributed by atoms with Crippen LogP contribution >= 0.6 is 11.8 Å². The molecule has 5 nitrogen and oxygen atoms in total. The Morgan fingerprint density at radius 2 is 1.93 bits per heavy atom. The van der Waals surface area contributed by atoms with Crippen LogP contribution < -0.4 is 0 Å². The summed E-state index contributed by atoms with van der Waals surface area (Å²) in [5.41, 5.74) is 2.15. The van der Waals surface area contributed by atoms with Crippen LogP contribution in [0.25, 0.3) is 0 Å². The summed E-state index contributed by atoms with van der Waals surface area (Å²) in [7, 11) is 0. The largest absolute Gasteiger partial charge is 0.452 e. The van der Waals surface area contributed by atoms with Crippen molar-refractivity contribution in [1.82, 2.24) is 4.90 Å². The Kier molecular flexibility index (Phi) is 7.31. The lowest BCUT2D eigenvalue weighted by Crippen LogP contribution is -2.44. The van der Waals surface area contributed by atoms with Gasteiger partial charge in [0.1, 0.15) is 0 Å². The maximum atomic E-state index is 12.6. The minimum absolute atomic E-state index is 0.131. The van der Waals surface area contributed by atoms with Gasteiger partial charge >= 0.3 is 5.97 Å². The molecule has 1 saturated heterocycles. The van der Waals surface area contributed by atoms with Crippen LogP contribution in [0.3, 0.4) is 0 Å². The van der Waals surface area contributed by atoms with Crippen LogP contribution in [0.1, 0.15) is 47.7 Å². The highest BCUT2D eigenvalue weighted by Gasteiger charge is 2.24. The Hall–Kier alpha value is -2.78. The number of nitrogens with zero attached hydrogens (tertiary/aromatic N) is 2. The van der Waals surface area contributed by atoms with E-state index < -0.39 is 5.97 Å². The summed E-state index contributed by atoms with van der Waals surface area (Å²) in [6.07, 6.45) is 3.13. The minimum Gasteiger partial charge on any atom is -0.452 e. The van der Waals surface area contributed by atoms with Gasteiger partial charge in [0.05, 0.1) is 17.2 Å². The number of likely N-dealkylation sites (tertiary alicyclic amines) is 1. The van der Waals surface area contributed by atoms with Crippen molar-refractivity contribution in [2.45, 2.75) is 42.9 Å². The highest BCUT2D eigenvalue weighted by atomic mass is 32.2. The molecule has 1 atom stereocenters. The van der Waals surface area contributed by atoms with E-state index in [0.29, 0.717) is 16.9 Å². The van der Waals surface area contributed by atoms with E-state index in [-0.39, 0.29) is 18.6 Å². The first-order valence-corrected chi connectivity index (χ1v) is 10.7. The highest BCUT2D eigenvalue weighted by Crippen LogP contribution is 2.27. The number of piperidine rings is 1. The first-order valence-electron chi connectivity index (χ1n) is 9.76.